The van der Waals surface area contributed by atoms with Crippen molar-refractivity contribution in [2.24, 2.45) is 0 Å². The summed E-state index contributed by atoms with van der Waals surface area (Å²) in [6.45, 7) is 9.08. The van der Waals surface area contributed by atoms with Crippen LogP contribution in [-0.4, -0.2) is 19.3 Å². The van der Waals surface area contributed by atoms with Crippen molar-refractivity contribution in [3.05, 3.63) is 11.8 Å². The molecule has 0 saturated carbocycles. The molecule has 0 aliphatic carbocycles. The third-order valence-corrected chi connectivity index (χ3v) is 3.15. The van der Waals surface area contributed by atoms with Crippen LogP contribution in [0.3, 0.4) is 0 Å². The van der Waals surface area contributed by atoms with Crippen LogP contribution < -0.4 is 0 Å². The lowest BCUT2D eigenvalue weighted by atomic mass is 10.1. The third-order valence-electron chi connectivity index (χ3n) is 1.92. The van der Waals surface area contributed by atoms with Gasteiger partial charge >= 0.3 is 0 Å². The van der Waals surface area contributed by atoms with Gasteiger partial charge in [-0.2, -0.15) is 0 Å². The van der Waals surface area contributed by atoms with Gasteiger partial charge in [0.15, 0.2) is 0 Å². The van der Waals surface area contributed by atoms with Gasteiger partial charge in [0, 0.05) is 0 Å². The van der Waals surface area contributed by atoms with E-state index in [1.54, 1.807) is 0 Å². The first kappa shape index (κ1) is 12.9. The van der Waals surface area contributed by atoms with Crippen molar-refractivity contribution < 1.29 is 5.11 Å². The van der Waals surface area contributed by atoms with Crippen molar-refractivity contribution in [1.29, 1.82) is 0 Å². The molecule has 1 atom stereocenters. The fraction of sp³-hybridized carbons (Fsp3) is 0.818. The highest BCUT2D eigenvalue weighted by molar-refractivity contribution is 6.80. The summed E-state index contributed by atoms with van der Waals surface area (Å²) in [6, 6.07) is 0. The zero-order chi connectivity index (χ0) is 10.3. The lowest BCUT2D eigenvalue weighted by molar-refractivity contribution is 0.164. The Balaban J connectivity index is 3.57. The number of aliphatic hydroxyl groups excluding tert-OH is 1. The molecule has 0 aromatic rings. The highest BCUT2D eigenvalue weighted by Gasteiger charge is 2.07. The average molecular weight is 200 g/mol. The van der Waals surface area contributed by atoms with Crippen LogP contribution in [0.25, 0.3) is 0 Å². The summed E-state index contributed by atoms with van der Waals surface area (Å²) in [6.07, 6.45) is 6.15. The van der Waals surface area contributed by atoms with Gasteiger partial charge in [0.25, 0.3) is 0 Å². The van der Waals surface area contributed by atoms with E-state index in [4.69, 9.17) is 0 Å². The zero-order valence-electron chi connectivity index (χ0n) is 9.51. The second kappa shape index (κ2) is 6.38. The van der Waals surface area contributed by atoms with E-state index in [-0.39, 0.29) is 6.10 Å². The first-order valence-corrected chi connectivity index (χ1v) is 8.89. The molecule has 1 nitrogen and oxygen atoms in total. The SMILES string of the molecule is CCCCC(O)C/C=C/[Si](C)(C)C. The van der Waals surface area contributed by atoms with Crippen molar-refractivity contribution in [2.75, 3.05) is 0 Å². The maximum atomic E-state index is 9.54. The average Bonchev–Trinajstić information content (AvgIpc) is 1.98. The van der Waals surface area contributed by atoms with Crippen LogP contribution in [0.5, 0.6) is 0 Å². The van der Waals surface area contributed by atoms with E-state index in [2.05, 4.69) is 38.3 Å². The second-order valence-corrected chi connectivity index (χ2v) is 9.87. The van der Waals surface area contributed by atoms with E-state index in [0.717, 1.165) is 19.3 Å². The molecular weight excluding hydrogens is 176 g/mol. The monoisotopic (exact) mass is 200 g/mol. The maximum Gasteiger partial charge on any atom is 0.0682 e. The molecule has 0 aromatic heterocycles. The minimum atomic E-state index is -1.05. The molecule has 1 N–H and O–H groups in total. The molecule has 0 aliphatic rings. The van der Waals surface area contributed by atoms with Gasteiger partial charge in [-0.1, -0.05) is 51.2 Å². The Hall–Kier alpha value is -0.0831. The lowest BCUT2D eigenvalue weighted by Crippen LogP contribution is -2.16. The number of unbranched alkanes of at least 4 members (excludes halogenated alkanes) is 1. The quantitative estimate of drug-likeness (QED) is 0.652. The molecule has 0 rings (SSSR count). The fourth-order valence-corrected chi connectivity index (χ4v) is 1.98. The van der Waals surface area contributed by atoms with Crippen LogP contribution in [0.1, 0.15) is 32.6 Å². The predicted molar refractivity (Wildman–Crippen MR) is 62.6 cm³/mol. The Bertz CT molecular complexity index is 147. The van der Waals surface area contributed by atoms with Crippen LogP contribution in [0.2, 0.25) is 19.6 Å². The molecule has 13 heavy (non-hydrogen) atoms. The Kier molecular flexibility index (Phi) is 6.34. The van der Waals surface area contributed by atoms with Gasteiger partial charge in [0.1, 0.15) is 0 Å². The van der Waals surface area contributed by atoms with Crippen LogP contribution >= 0.6 is 0 Å². The maximum absolute atomic E-state index is 9.54. The van der Waals surface area contributed by atoms with Crippen molar-refractivity contribution in [3.8, 4) is 0 Å². The van der Waals surface area contributed by atoms with Gasteiger partial charge in [-0.3, -0.25) is 0 Å². The van der Waals surface area contributed by atoms with Crippen LogP contribution in [0.15, 0.2) is 11.8 Å². The molecule has 78 valence electrons. The molecule has 0 heterocycles. The smallest absolute Gasteiger partial charge is 0.0682 e. The van der Waals surface area contributed by atoms with E-state index >= 15 is 0 Å². The first-order chi connectivity index (χ1) is 5.95. The minimum absolute atomic E-state index is 0.118. The van der Waals surface area contributed by atoms with E-state index in [1.807, 2.05) is 0 Å². The number of rotatable bonds is 6. The molecule has 2 heteroatoms. The standard InChI is InChI=1S/C11H24OSi/c1-5-6-8-11(12)9-7-10-13(2,3)4/h7,10-12H,5-6,8-9H2,1-4H3/b10-7+. The van der Waals surface area contributed by atoms with E-state index < -0.39 is 8.07 Å². The first-order valence-electron chi connectivity index (χ1n) is 5.31. The molecule has 1 unspecified atom stereocenters. The Morgan fingerprint density at radius 1 is 1.31 bits per heavy atom. The van der Waals surface area contributed by atoms with E-state index in [0.29, 0.717) is 0 Å². The van der Waals surface area contributed by atoms with Crippen molar-refractivity contribution in [1.82, 2.24) is 0 Å². The number of aliphatic hydroxyl groups is 1. The van der Waals surface area contributed by atoms with Gasteiger partial charge in [0.2, 0.25) is 0 Å². The normalized spacial score (nSPS) is 15.2. The summed E-state index contributed by atoms with van der Waals surface area (Å²) in [7, 11) is -1.05. The Morgan fingerprint density at radius 3 is 2.38 bits per heavy atom. The van der Waals surface area contributed by atoms with Crippen LogP contribution in [0, 0.1) is 0 Å². The second-order valence-electron chi connectivity index (χ2n) is 4.80. The van der Waals surface area contributed by atoms with Crippen molar-refractivity contribution >= 4 is 8.07 Å². The molecular formula is C11H24OSi. The summed E-state index contributed by atoms with van der Waals surface area (Å²) in [5.74, 6) is 0. The summed E-state index contributed by atoms with van der Waals surface area (Å²) in [4.78, 5) is 0. The summed E-state index contributed by atoms with van der Waals surface area (Å²) in [5, 5.41) is 9.54. The fourth-order valence-electron chi connectivity index (χ4n) is 1.14. The highest BCUT2D eigenvalue weighted by Crippen LogP contribution is 2.07. The molecule has 0 bridgehead atoms. The van der Waals surface area contributed by atoms with Gasteiger partial charge in [-0.15, -0.1) is 0 Å². The number of hydrogen-bond donors (Lipinski definition) is 1. The van der Waals surface area contributed by atoms with Gasteiger partial charge in [-0.25, -0.2) is 0 Å². The zero-order valence-corrected chi connectivity index (χ0v) is 10.5. The molecule has 0 aliphatic heterocycles. The van der Waals surface area contributed by atoms with E-state index in [9.17, 15) is 5.11 Å². The summed E-state index contributed by atoms with van der Waals surface area (Å²) in [5.41, 5.74) is 2.31. The summed E-state index contributed by atoms with van der Waals surface area (Å²) < 4.78 is 0. The van der Waals surface area contributed by atoms with Gasteiger partial charge in [-0.05, 0) is 12.8 Å². The molecule has 0 fully saturated rings. The third kappa shape index (κ3) is 9.83. The molecule has 0 saturated heterocycles. The largest absolute Gasteiger partial charge is 0.393 e. The predicted octanol–water partition coefficient (Wildman–Crippen LogP) is 3.36. The molecule has 0 spiro atoms. The van der Waals surface area contributed by atoms with Crippen LogP contribution in [-0.2, 0) is 0 Å². The number of hydrogen-bond acceptors (Lipinski definition) is 1. The van der Waals surface area contributed by atoms with Gasteiger partial charge < -0.3 is 5.11 Å². The minimum Gasteiger partial charge on any atom is -0.393 e. The topological polar surface area (TPSA) is 20.2 Å². The van der Waals surface area contributed by atoms with Crippen molar-refractivity contribution in [2.45, 2.75) is 58.4 Å². The molecule has 0 radical (unpaired) electrons. The highest BCUT2D eigenvalue weighted by atomic mass is 28.3. The van der Waals surface area contributed by atoms with E-state index in [1.165, 1.54) is 6.42 Å². The molecule has 0 aromatic carbocycles. The van der Waals surface area contributed by atoms with Crippen molar-refractivity contribution in [3.63, 3.8) is 0 Å². The van der Waals surface area contributed by atoms with Crippen LogP contribution in [0.4, 0.5) is 0 Å². The lowest BCUT2D eigenvalue weighted by Gasteiger charge is -2.10. The Morgan fingerprint density at radius 2 is 1.92 bits per heavy atom. The molecule has 0 amide bonds. The van der Waals surface area contributed by atoms with Gasteiger partial charge in [0.05, 0.1) is 14.2 Å². The Labute approximate surface area is 83.9 Å². The summed E-state index contributed by atoms with van der Waals surface area (Å²) >= 11 is 0.